The summed E-state index contributed by atoms with van der Waals surface area (Å²) in [6.07, 6.45) is 22.7. The smallest absolute Gasteiger partial charge is 0.303 e. The van der Waals surface area contributed by atoms with Gasteiger partial charge in [0.15, 0.2) is 0 Å². The van der Waals surface area contributed by atoms with E-state index in [-0.39, 0.29) is 0 Å². The fourth-order valence-electron chi connectivity index (χ4n) is 2.39. The Balaban J connectivity index is 3.07. The lowest BCUT2D eigenvalue weighted by Gasteiger charge is -2.00. The van der Waals surface area contributed by atoms with Crippen LogP contribution in [0.2, 0.25) is 0 Å². The normalized spacial score (nSPS) is 11.0. The average Bonchev–Trinajstić information content (AvgIpc) is 2.46. The van der Waals surface area contributed by atoms with Gasteiger partial charge in [-0.3, -0.25) is 4.79 Å². The van der Waals surface area contributed by atoms with Crippen molar-refractivity contribution < 1.29 is 9.90 Å². The van der Waals surface area contributed by atoms with Crippen molar-refractivity contribution >= 4 is 5.97 Å². The molecule has 1 N–H and O–H groups in total. The van der Waals surface area contributed by atoms with Crippen LogP contribution in [-0.4, -0.2) is 11.1 Å². The van der Waals surface area contributed by atoms with Gasteiger partial charge in [-0.1, -0.05) is 56.8 Å². The number of aliphatic carboxylic acids is 1. The highest BCUT2D eigenvalue weighted by Gasteiger charge is 1.96. The number of carbonyl (C=O) groups is 1. The Morgan fingerprint density at radius 3 is 1.67 bits per heavy atom. The van der Waals surface area contributed by atoms with Gasteiger partial charge in [0.2, 0.25) is 0 Å². The molecule has 0 rings (SSSR count). The monoisotopic (exact) mass is 294 g/mol. The van der Waals surface area contributed by atoms with E-state index in [1.54, 1.807) is 0 Å². The van der Waals surface area contributed by atoms with Crippen molar-refractivity contribution in [1.82, 2.24) is 0 Å². The zero-order chi connectivity index (χ0) is 15.6. The number of hydrogen-bond acceptors (Lipinski definition) is 1. The van der Waals surface area contributed by atoms with Crippen LogP contribution in [0, 0.1) is 0 Å². The molecule has 0 atom stereocenters. The largest absolute Gasteiger partial charge is 0.481 e. The third-order valence-corrected chi connectivity index (χ3v) is 3.71. The molecule has 0 aliphatic heterocycles. The third kappa shape index (κ3) is 18.9. The minimum atomic E-state index is -0.664. The molecule has 2 nitrogen and oxygen atoms in total. The summed E-state index contributed by atoms with van der Waals surface area (Å²) in [7, 11) is 0. The first-order valence-corrected chi connectivity index (χ1v) is 8.75. The van der Waals surface area contributed by atoms with Crippen LogP contribution in [0.4, 0.5) is 0 Å². The Labute approximate surface area is 131 Å². The molecule has 0 heterocycles. The molecular weight excluding hydrogens is 260 g/mol. The van der Waals surface area contributed by atoms with Gasteiger partial charge in [0.1, 0.15) is 0 Å². The van der Waals surface area contributed by atoms with E-state index in [4.69, 9.17) is 5.11 Å². The van der Waals surface area contributed by atoms with Gasteiger partial charge in [0, 0.05) is 6.42 Å². The van der Waals surface area contributed by atoms with E-state index in [2.05, 4.69) is 18.7 Å². The van der Waals surface area contributed by atoms with Crippen molar-refractivity contribution in [1.29, 1.82) is 0 Å². The van der Waals surface area contributed by atoms with Gasteiger partial charge in [0.05, 0.1) is 0 Å². The number of allylic oxidation sites excluding steroid dienone is 3. The van der Waals surface area contributed by atoms with Crippen LogP contribution < -0.4 is 0 Å². The van der Waals surface area contributed by atoms with Crippen LogP contribution in [0.5, 0.6) is 0 Å². The second-order valence-electron chi connectivity index (χ2n) is 5.81. The molecule has 0 unspecified atom stereocenters. The van der Waals surface area contributed by atoms with Crippen LogP contribution in [0.25, 0.3) is 0 Å². The minimum absolute atomic E-state index is 0.332. The Morgan fingerprint density at radius 2 is 1.14 bits per heavy atom. The predicted octanol–water partition coefficient (Wildman–Crippen LogP) is 6.27. The van der Waals surface area contributed by atoms with Gasteiger partial charge in [0.25, 0.3) is 0 Å². The summed E-state index contributed by atoms with van der Waals surface area (Å²) in [5.74, 6) is -0.664. The van der Waals surface area contributed by atoms with Crippen molar-refractivity contribution in [3.8, 4) is 0 Å². The fourth-order valence-corrected chi connectivity index (χ4v) is 2.39. The van der Waals surface area contributed by atoms with Crippen molar-refractivity contribution in [3.63, 3.8) is 0 Å². The number of rotatable bonds is 16. The van der Waals surface area contributed by atoms with E-state index in [9.17, 15) is 4.79 Å². The van der Waals surface area contributed by atoms with Crippen LogP contribution in [-0.2, 0) is 4.79 Å². The highest BCUT2D eigenvalue weighted by Crippen LogP contribution is 2.10. The van der Waals surface area contributed by atoms with Crippen molar-refractivity contribution in [3.05, 3.63) is 24.8 Å². The summed E-state index contributed by atoms with van der Waals surface area (Å²) < 4.78 is 0. The molecule has 0 aromatic rings. The first kappa shape index (κ1) is 19.9. The lowest BCUT2D eigenvalue weighted by atomic mass is 10.1. The third-order valence-electron chi connectivity index (χ3n) is 3.71. The SMILES string of the molecule is C=CCCCCC/C=C\CCCCCCCCCC(=O)O. The zero-order valence-corrected chi connectivity index (χ0v) is 13.7. The number of unbranched alkanes of at least 4 members (excludes halogenated alkanes) is 11. The lowest BCUT2D eigenvalue weighted by molar-refractivity contribution is -0.137. The summed E-state index contributed by atoms with van der Waals surface area (Å²) in [4.78, 5) is 10.3. The molecule has 0 bridgehead atoms. The molecule has 21 heavy (non-hydrogen) atoms. The van der Waals surface area contributed by atoms with Crippen LogP contribution in [0.1, 0.15) is 89.9 Å². The first-order valence-electron chi connectivity index (χ1n) is 8.75. The molecule has 0 aromatic carbocycles. The van der Waals surface area contributed by atoms with Gasteiger partial charge in [-0.2, -0.15) is 0 Å². The number of carboxylic acids is 1. The van der Waals surface area contributed by atoms with Crippen molar-refractivity contribution in [2.45, 2.75) is 89.9 Å². The summed E-state index contributed by atoms with van der Waals surface area (Å²) in [6.45, 7) is 3.73. The highest BCUT2D eigenvalue weighted by molar-refractivity contribution is 5.66. The molecule has 0 saturated carbocycles. The average molecular weight is 294 g/mol. The topological polar surface area (TPSA) is 37.3 Å². The molecule has 2 heteroatoms. The molecule has 122 valence electrons. The number of carboxylic acid groups (broad SMARTS) is 1. The zero-order valence-electron chi connectivity index (χ0n) is 13.7. The Bertz CT molecular complexity index is 269. The Morgan fingerprint density at radius 1 is 0.714 bits per heavy atom. The van der Waals surface area contributed by atoms with Crippen molar-refractivity contribution in [2.75, 3.05) is 0 Å². The predicted molar refractivity (Wildman–Crippen MR) is 91.6 cm³/mol. The van der Waals surface area contributed by atoms with E-state index in [0.717, 1.165) is 19.3 Å². The molecule has 0 aliphatic rings. The number of hydrogen-bond donors (Lipinski definition) is 1. The van der Waals surface area contributed by atoms with Crippen LogP contribution in [0.3, 0.4) is 0 Å². The van der Waals surface area contributed by atoms with Crippen molar-refractivity contribution in [2.24, 2.45) is 0 Å². The molecule has 0 spiro atoms. The van der Waals surface area contributed by atoms with E-state index < -0.39 is 5.97 Å². The molecule has 0 radical (unpaired) electrons. The van der Waals surface area contributed by atoms with Gasteiger partial charge in [-0.15, -0.1) is 6.58 Å². The Kier molecular flexibility index (Phi) is 16.2. The Hall–Kier alpha value is -1.05. The van der Waals surface area contributed by atoms with Gasteiger partial charge in [-0.05, 0) is 44.9 Å². The van der Waals surface area contributed by atoms with E-state index in [1.807, 2.05) is 6.08 Å². The maximum atomic E-state index is 10.3. The second-order valence-corrected chi connectivity index (χ2v) is 5.81. The highest BCUT2D eigenvalue weighted by atomic mass is 16.4. The summed E-state index contributed by atoms with van der Waals surface area (Å²) >= 11 is 0. The maximum absolute atomic E-state index is 10.3. The van der Waals surface area contributed by atoms with E-state index in [1.165, 1.54) is 64.2 Å². The first-order chi connectivity index (χ1) is 10.3. The standard InChI is InChI=1S/C19H34O2/c1-2-3-4-5-6-7-8-9-10-11-12-13-14-15-16-17-18-19(20)21/h2,8-9H,1,3-7,10-18H2,(H,20,21)/b9-8-. The van der Waals surface area contributed by atoms with Gasteiger partial charge < -0.3 is 5.11 Å². The van der Waals surface area contributed by atoms with E-state index >= 15 is 0 Å². The van der Waals surface area contributed by atoms with Gasteiger partial charge >= 0.3 is 5.97 Å². The molecule has 0 aromatic heterocycles. The molecule has 0 fully saturated rings. The molecule has 0 aliphatic carbocycles. The fraction of sp³-hybridized carbons (Fsp3) is 0.737. The second kappa shape index (κ2) is 17.0. The molecular formula is C19H34O2. The summed E-state index contributed by atoms with van der Waals surface area (Å²) in [6, 6.07) is 0. The molecule has 0 amide bonds. The molecule has 0 saturated heterocycles. The van der Waals surface area contributed by atoms with Crippen LogP contribution in [0.15, 0.2) is 24.8 Å². The van der Waals surface area contributed by atoms with Gasteiger partial charge in [-0.25, -0.2) is 0 Å². The maximum Gasteiger partial charge on any atom is 0.303 e. The van der Waals surface area contributed by atoms with E-state index in [0.29, 0.717) is 6.42 Å². The van der Waals surface area contributed by atoms with Crippen LogP contribution >= 0.6 is 0 Å². The minimum Gasteiger partial charge on any atom is -0.481 e. The summed E-state index contributed by atoms with van der Waals surface area (Å²) in [5.41, 5.74) is 0. The summed E-state index contributed by atoms with van der Waals surface area (Å²) in [5, 5.41) is 8.52. The quantitative estimate of drug-likeness (QED) is 0.269. The lowest BCUT2D eigenvalue weighted by Crippen LogP contribution is -1.93.